The summed E-state index contributed by atoms with van der Waals surface area (Å²) in [6.07, 6.45) is 0. The van der Waals surface area contributed by atoms with Crippen LogP contribution in [0, 0.1) is 17.9 Å². The minimum atomic E-state index is -0.0985. The van der Waals surface area contributed by atoms with Crippen molar-refractivity contribution in [2.75, 3.05) is 0 Å². The van der Waals surface area contributed by atoms with Crippen LogP contribution in [0.15, 0.2) is 4.42 Å². The van der Waals surface area contributed by atoms with E-state index in [1.807, 2.05) is 0 Å². The lowest BCUT2D eigenvalue weighted by Crippen LogP contribution is -1.76. The van der Waals surface area contributed by atoms with Gasteiger partial charge in [-0.1, -0.05) is 5.10 Å². The molecule has 1 aromatic rings. The minimum Gasteiger partial charge on any atom is -0.406 e. The Morgan fingerprint density at radius 3 is 3.00 bits per heavy atom. The van der Waals surface area contributed by atoms with E-state index in [1.165, 1.54) is 0 Å². The zero-order valence-corrected chi connectivity index (χ0v) is 4.90. The Labute approximate surface area is 56.7 Å². The van der Waals surface area contributed by atoms with Crippen molar-refractivity contribution in [1.82, 2.24) is 10.2 Å². The van der Waals surface area contributed by atoms with Crippen LogP contribution in [0.25, 0.3) is 4.85 Å². The molecule has 0 saturated heterocycles. The third kappa shape index (κ3) is 1.09. The average molecular weight is 134 g/mol. The Balaban J connectivity index is 2.83. The molecule has 1 rings (SSSR count). The molecule has 0 fully saturated rings. The van der Waals surface area contributed by atoms with Gasteiger partial charge in [0.05, 0.1) is 0 Å². The molecule has 10 heavy (non-hydrogen) atoms. The van der Waals surface area contributed by atoms with Crippen LogP contribution in [0.3, 0.4) is 0 Å². The molecule has 5 heteroatoms. The third-order valence-corrected chi connectivity index (χ3v) is 0.777. The van der Waals surface area contributed by atoms with Crippen LogP contribution >= 0.6 is 0 Å². The van der Waals surface area contributed by atoms with E-state index in [9.17, 15) is 0 Å². The van der Waals surface area contributed by atoms with Gasteiger partial charge in [-0.2, -0.15) is 5.26 Å². The van der Waals surface area contributed by atoms with Crippen LogP contribution in [0.5, 0.6) is 0 Å². The highest BCUT2D eigenvalue weighted by atomic mass is 16.4. The molecule has 0 unspecified atom stereocenters. The van der Waals surface area contributed by atoms with E-state index < -0.39 is 0 Å². The Morgan fingerprint density at radius 1 is 1.70 bits per heavy atom. The molecule has 0 N–H and O–H groups in total. The summed E-state index contributed by atoms with van der Waals surface area (Å²) in [5, 5.41) is 15.0. The van der Waals surface area contributed by atoms with Crippen LogP contribution in [0.1, 0.15) is 11.8 Å². The van der Waals surface area contributed by atoms with E-state index in [2.05, 4.69) is 19.5 Å². The normalized spacial score (nSPS) is 8.20. The van der Waals surface area contributed by atoms with Gasteiger partial charge in [0.25, 0.3) is 12.4 Å². The first-order valence-corrected chi connectivity index (χ1v) is 2.42. The van der Waals surface area contributed by atoms with E-state index in [0.29, 0.717) is 0 Å². The van der Waals surface area contributed by atoms with Crippen LogP contribution in [0.4, 0.5) is 0 Å². The second-order valence-corrected chi connectivity index (χ2v) is 1.43. The van der Waals surface area contributed by atoms with Crippen molar-refractivity contribution in [3.05, 3.63) is 23.2 Å². The fourth-order valence-corrected chi connectivity index (χ4v) is 0.430. The molecule has 0 bridgehead atoms. The fraction of sp³-hybridized carbons (Fsp3) is 0.200. The van der Waals surface area contributed by atoms with Crippen LogP contribution in [-0.2, 0) is 6.54 Å². The van der Waals surface area contributed by atoms with Crippen molar-refractivity contribution >= 4 is 0 Å². The van der Waals surface area contributed by atoms with Gasteiger partial charge in [0.2, 0.25) is 0 Å². The number of nitriles is 1. The van der Waals surface area contributed by atoms with Gasteiger partial charge < -0.3 is 9.26 Å². The monoisotopic (exact) mass is 134 g/mol. The summed E-state index contributed by atoms with van der Waals surface area (Å²) in [5.74, 6) is 0.0881. The number of aromatic nitrogens is 2. The van der Waals surface area contributed by atoms with Crippen molar-refractivity contribution < 1.29 is 4.42 Å². The molecule has 5 nitrogen and oxygen atoms in total. The summed E-state index contributed by atoms with van der Waals surface area (Å²) < 4.78 is 4.68. The Bertz CT molecular complexity index is 302. The summed E-state index contributed by atoms with van der Waals surface area (Å²) in [7, 11) is 0. The molecule has 0 amide bonds. The molecular weight excluding hydrogens is 132 g/mol. The first kappa shape index (κ1) is 6.24. The largest absolute Gasteiger partial charge is 0.406 e. The number of hydrogen-bond donors (Lipinski definition) is 0. The Kier molecular flexibility index (Phi) is 1.63. The van der Waals surface area contributed by atoms with Gasteiger partial charge in [0.15, 0.2) is 6.07 Å². The summed E-state index contributed by atoms with van der Waals surface area (Å²) in [5.41, 5.74) is 0. The average Bonchev–Trinajstić information content (AvgIpc) is 2.37. The summed E-state index contributed by atoms with van der Waals surface area (Å²) in [6, 6.07) is 1.66. The Morgan fingerprint density at radius 2 is 2.50 bits per heavy atom. The predicted molar refractivity (Wildman–Crippen MR) is 29.3 cm³/mol. The second kappa shape index (κ2) is 2.60. The maximum absolute atomic E-state index is 8.20. The zero-order chi connectivity index (χ0) is 7.40. The first-order chi connectivity index (χ1) is 4.86. The highest BCUT2D eigenvalue weighted by Crippen LogP contribution is 1.98. The first-order valence-electron chi connectivity index (χ1n) is 2.42. The molecule has 0 aliphatic heterocycles. The van der Waals surface area contributed by atoms with Crippen molar-refractivity contribution in [2.24, 2.45) is 0 Å². The summed E-state index contributed by atoms with van der Waals surface area (Å²) >= 11 is 0. The van der Waals surface area contributed by atoms with E-state index >= 15 is 0 Å². The molecular formula is C5H2N4O. The topological polar surface area (TPSA) is 67.1 Å². The van der Waals surface area contributed by atoms with Gasteiger partial charge >= 0.3 is 5.89 Å². The maximum atomic E-state index is 8.20. The van der Waals surface area contributed by atoms with E-state index in [1.54, 1.807) is 6.07 Å². The van der Waals surface area contributed by atoms with Crippen LogP contribution in [-0.4, -0.2) is 10.2 Å². The lowest BCUT2D eigenvalue weighted by Gasteiger charge is -1.73. The van der Waals surface area contributed by atoms with E-state index in [0.717, 1.165) is 0 Å². The van der Waals surface area contributed by atoms with E-state index in [-0.39, 0.29) is 18.3 Å². The van der Waals surface area contributed by atoms with Gasteiger partial charge in [-0.3, -0.25) is 0 Å². The van der Waals surface area contributed by atoms with Crippen LogP contribution < -0.4 is 0 Å². The molecule has 1 aromatic heterocycles. The number of rotatable bonds is 1. The van der Waals surface area contributed by atoms with Crippen molar-refractivity contribution in [3.63, 3.8) is 0 Å². The fourth-order valence-electron chi connectivity index (χ4n) is 0.430. The maximum Gasteiger partial charge on any atom is 0.321 e. The van der Waals surface area contributed by atoms with Crippen molar-refractivity contribution in [2.45, 2.75) is 6.54 Å². The third-order valence-electron chi connectivity index (χ3n) is 0.777. The Hall–Kier alpha value is -1.88. The summed E-state index contributed by atoms with van der Waals surface area (Å²) in [4.78, 5) is 3.00. The minimum absolute atomic E-state index is 0.0364. The van der Waals surface area contributed by atoms with Crippen molar-refractivity contribution in [3.8, 4) is 6.07 Å². The molecule has 0 radical (unpaired) electrons. The van der Waals surface area contributed by atoms with Crippen molar-refractivity contribution in [1.29, 1.82) is 5.26 Å². The molecule has 1 heterocycles. The molecule has 0 atom stereocenters. The summed E-state index contributed by atoms with van der Waals surface area (Å²) in [6.45, 7) is 6.46. The second-order valence-electron chi connectivity index (χ2n) is 1.43. The molecule has 0 aromatic carbocycles. The smallest absolute Gasteiger partial charge is 0.321 e. The van der Waals surface area contributed by atoms with Gasteiger partial charge in [-0.15, -0.1) is 5.10 Å². The quantitative estimate of drug-likeness (QED) is 0.520. The molecule has 0 spiro atoms. The lowest BCUT2D eigenvalue weighted by atomic mass is 10.7. The zero-order valence-electron chi connectivity index (χ0n) is 4.90. The number of hydrogen-bond acceptors (Lipinski definition) is 4. The molecule has 0 aliphatic rings. The molecule has 48 valence electrons. The highest BCUT2D eigenvalue weighted by molar-refractivity contribution is 5.02. The SMILES string of the molecule is [C-]#[N+]Cc1nnc(C#N)o1. The van der Waals surface area contributed by atoms with Gasteiger partial charge in [0, 0.05) is 0 Å². The number of nitrogens with zero attached hydrogens (tertiary/aromatic N) is 4. The van der Waals surface area contributed by atoms with Gasteiger partial charge in [0.1, 0.15) is 0 Å². The lowest BCUT2D eigenvalue weighted by molar-refractivity contribution is 0.494. The van der Waals surface area contributed by atoms with Gasteiger partial charge in [-0.25, -0.2) is 6.57 Å². The van der Waals surface area contributed by atoms with E-state index in [4.69, 9.17) is 11.8 Å². The standard InChI is InChI=1S/C5H2N4O/c1-7-3-5-9-8-4(2-6)10-5/h3H2. The highest BCUT2D eigenvalue weighted by Gasteiger charge is 2.05. The predicted octanol–water partition coefficient (Wildman–Crippen LogP) is 0.361. The molecule has 0 aliphatic carbocycles. The van der Waals surface area contributed by atoms with Crippen LogP contribution in [0.2, 0.25) is 0 Å². The molecule has 0 saturated carbocycles. The van der Waals surface area contributed by atoms with Gasteiger partial charge in [-0.05, 0) is 0 Å².